The lowest BCUT2D eigenvalue weighted by molar-refractivity contribution is -0.166. The molecule has 1 unspecified atom stereocenters. The van der Waals surface area contributed by atoms with Gasteiger partial charge in [-0.3, -0.25) is 9.59 Å². The van der Waals surface area contributed by atoms with Crippen LogP contribution >= 0.6 is 0 Å². The third-order valence-electron chi connectivity index (χ3n) is 2.17. The predicted molar refractivity (Wildman–Crippen MR) is 46.7 cm³/mol. The molecular formula is C9H14O5. The number of ketones is 2. The van der Waals surface area contributed by atoms with Gasteiger partial charge in [-0.2, -0.15) is 0 Å². The van der Waals surface area contributed by atoms with E-state index in [1.807, 2.05) is 0 Å². The molecule has 0 aliphatic carbocycles. The van der Waals surface area contributed by atoms with E-state index in [2.05, 4.69) is 0 Å². The number of carbonyl (C=O) groups excluding carboxylic acids is 2. The monoisotopic (exact) mass is 202 g/mol. The largest absolute Gasteiger partial charge is 0.380 e. The summed E-state index contributed by atoms with van der Waals surface area (Å²) in [6.07, 6.45) is -0.679. The minimum absolute atomic E-state index is 0.0969. The van der Waals surface area contributed by atoms with E-state index in [0.717, 1.165) is 0 Å². The predicted octanol–water partition coefficient (Wildman–Crippen LogP) is -0.220. The maximum absolute atomic E-state index is 11.6. The Hall–Kier alpha value is -0.780. The molecule has 0 N–H and O–H groups in total. The second-order valence-electron chi connectivity index (χ2n) is 3.05. The molecule has 0 bridgehead atoms. The Labute approximate surface area is 82.3 Å². The van der Waals surface area contributed by atoms with Gasteiger partial charge < -0.3 is 14.2 Å². The molecule has 0 aromatic heterocycles. The van der Waals surface area contributed by atoms with Gasteiger partial charge >= 0.3 is 0 Å². The number of hydrogen-bond donors (Lipinski definition) is 0. The Balaban J connectivity index is 2.61. The second kappa shape index (κ2) is 5.19. The fourth-order valence-corrected chi connectivity index (χ4v) is 1.37. The van der Waals surface area contributed by atoms with Gasteiger partial charge in [0.15, 0.2) is 0 Å². The van der Waals surface area contributed by atoms with E-state index in [1.54, 1.807) is 0 Å². The molecule has 80 valence electrons. The van der Waals surface area contributed by atoms with Crippen LogP contribution in [0.3, 0.4) is 0 Å². The summed E-state index contributed by atoms with van der Waals surface area (Å²) in [5.74, 6) is -1.19. The molecule has 1 fully saturated rings. The summed E-state index contributed by atoms with van der Waals surface area (Å²) >= 11 is 0. The topological polar surface area (TPSA) is 61.8 Å². The molecular weight excluding hydrogens is 188 g/mol. The number of carbonyl (C=O) groups is 2. The second-order valence-corrected chi connectivity index (χ2v) is 3.05. The minimum atomic E-state index is -0.967. The van der Waals surface area contributed by atoms with Crippen LogP contribution in [0.5, 0.6) is 0 Å². The summed E-state index contributed by atoms with van der Waals surface area (Å²) in [5.41, 5.74) is 0. The van der Waals surface area contributed by atoms with E-state index in [1.165, 1.54) is 14.2 Å². The summed E-state index contributed by atoms with van der Waals surface area (Å²) < 4.78 is 14.6. The number of methoxy groups -OCH3 is 2. The smallest absolute Gasteiger partial charge is 0.218 e. The van der Waals surface area contributed by atoms with Crippen molar-refractivity contribution in [1.29, 1.82) is 0 Å². The third-order valence-corrected chi connectivity index (χ3v) is 2.17. The molecule has 14 heavy (non-hydrogen) atoms. The highest BCUT2D eigenvalue weighted by Crippen LogP contribution is 2.14. The van der Waals surface area contributed by atoms with Crippen LogP contribution in [-0.2, 0) is 23.8 Å². The Morgan fingerprint density at radius 1 is 1.50 bits per heavy atom. The lowest BCUT2D eigenvalue weighted by Gasteiger charge is -2.22. The van der Waals surface area contributed by atoms with E-state index in [4.69, 9.17) is 14.2 Å². The molecule has 0 radical (unpaired) electrons. The SMILES string of the molecule is COC(OC)C(=O)C1COCCC1=O. The van der Waals surface area contributed by atoms with E-state index >= 15 is 0 Å². The average Bonchev–Trinajstić information content (AvgIpc) is 2.20. The normalized spacial score (nSPS) is 22.8. The van der Waals surface area contributed by atoms with Gasteiger partial charge in [0, 0.05) is 20.6 Å². The first-order valence-corrected chi connectivity index (χ1v) is 4.40. The molecule has 1 aliphatic heterocycles. The molecule has 0 amide bonds. The maximum atomic E-state index is 11.6. The van der Waals surface area contributed by atoms with Gasteiger partial charge in [0.2, 0.25) is 12.1 Å². The lowest BCUT2D eigenvalue weighted by Crippen LogP contribution is -2.41. The molecule has 0 aromatic rings. The maximum Gasteiger partial charge on any atom is 0.218 e. The van der Waals surface area contributed by atoms with Crippen LogP contribution in [0.1, 0.15) is 6.42 Å². The van der Waals surface area contributed by atoms with Gasteiger partial charge in [-0.1, -0.05) is 0 Å². The summed E-state index contributed by atoms with van der Waals surface area (Å²) in [7, 11) is 2.72. The molecule has 5 nitrogen and oxygen atoms in total. The van der Waals surface area contributed by atoms with Gasteiger partial charge in [0.25, 0.3) is 0 Å². The summed E-state index contributed by atoms with van der Waals surface area (Å²) in [6.45, 7) is 0.536. The van der Waals surface area contributed by atoms with Crippen LogP contribution in [0.4, 0.5) is 0 Å². The Bertz CT molecular complexity index is 221. The Kier molecular flexibility index (Phi) is 4.19. The molecule has 1 aliphatic rings. The molecule has 1 atom stereocenters. The van der Waals surface area contributed by atoms with Gasteiger partial charge in [-0.05, 0) is 0 Å². The van der Waals surface area contributed by atoms with E-state index in [9.17, 15) is 9.59 Å². The summed E-state index contributed by atoms with van der Waals surface area (Å²) in [5, 5.41) is 0. The van der Waals surface area contributed by atoms with Crippen molar-refractivity contribution in [3.05, 3.63) is 0 Å². The van der Waals surface area contributed by atoms with Crippen molar-refractivity contribution < 1.29 is 23.8 Å². The highest BCUT2D eigenvalue weighted by molar-refractivity contribution is 6.04. The van der Waals surface area contributed by atoms with Crippen molar-refractivity contribution >= 4 is 11.6 Å². The highest BCUT2D eigenvalue weighted by atomic mass is 16.7. The summed E-state index contributed by atoms with van der Waals surface area (Å²) in [4.78, 5) is 23.0. The standard InChI is InChI=1S/C9H14O5/c1-12-9(13-2)8(11)6-5-14-4-3-7(6)10/h6,9H,3-5H2,1-2H3. The van der Waals surface area contributed by atoms with Crippen LogP contribution in [0.25, 0.3) is 0 Å². The molecule has 1 rings (SSSR count). The number of rotatable bonds is 4. The fourth-order valence-electron chi connectivity index (χ4n) is 1.37. The molecule has 0 spiro atoms. The van der Waals surface area contributed by atoms with Crippen LogP contribution in [0.15, 0.2) is 0 Å². The van der Waals surface area contributed by atoms with E-state index in [-0.39, 0.29) is 24.6 Å². The number of ether oxygens (including phenoxy) is 3. The molecule has 1 saturated heterocycles. The molecule has 0 aromatic carbocycles. The average molecular weight is 202 g/mol. The first kappa shape index (κ1) is 11.3. The molecule has 0 saturated carbocycles. The van der Waals surface area contributed by atoms with E-state index in [0.29, 0.717) is 6.61 Å². The number of Topliss-reactive ketones (excluding diaryl/α,β-unsaturated/α-hetero) is 2. The van der Waals surface area contributed by atoms with Gasteiger partial charge in [-0.15, -0.1) is 0 Å². The van der Waals surface area contributed by atoms with Crippen LogP contribution in [0, 0.1) is 5.92 Å². The van der Waals surface area contributed by atoms with Crippen molar-refractivity contribution in [3.63, 3.8) is 0 Å². The van der Waals surface area contributed by atoms with Gasteiger partial charge in [0.1, 0.15) is 11.7 Å². The van der Waals surface area contributed by atoms with Crippen molar-refractivity contribution in [3.8, 4) is 0 Å². The molecule has 1 heterocycles. The van der Waals surface area contributed by atoms with Crippen molar-refractivity contribution in [2.45, 2.75) is 12.7 Å². The zero-order valence-electron chi connectivity index (χ0n) is 8.32. The highest BCUT2D eigenvalue weighted by Gasteiger charge is 2.34. The quantitative estimate of drug-likeness (QED) is 0.466. The first-order chi connectivity index (χ1) is 6.70. The van der Waals surface area contributed by atoms with Crippen LogP contribution in [-0.4, -0.2) is 45.3 Å². The van der Waals surface area contributed by atoms with Crippen molar-refractivity contribution in [2.75, 3.05) is 27.4 Å². The number of hydrogen-bond acceptors (Lipinski definition) is 5. The first-order valence-electron chi connectivity index (χ1n) is 4.40. The zero-order valence-corrected chi connectivity index (χ0v) is 8.32. The lowest BCUT2D eigenvalue weighted by atomic mass is 9.95. The van der Waals surface area contributed by atoms with Gasteiger partial charge in [-0.25, -0.2) is 0 Å². The Morgan fingerprint density at radius 2 is 2.14 bits per heavy atom. The zero-order chi connectivity index (χ0) is 10.6. The summed E-state index contributed by atoms with van der Waals surface area (Å²) in [6, 6.07) is 0. The van der Waals surface area contributed by atoms with Crippen molar-refractivity contribution in [1.82, 2.24) is 0 Å². The van der Waals surface area contributed by atoms with E-state index < -0.39 is 12.2 Å². The third kappa shape index (κ3) is 2.37. The van der Waals surface area contributed by atoms with Gasteiger partial charge in [0.05, 0.1) is 13.2 Å². The fraction of sp³-hybridized carbons (Fsp3) is 0.778. The van der Waals surface area contributed by atoms with Crippen LogP contribution in [0.2, 0.25) is 0 Å². The van der Waals surface area contributed by atoms with Crippen molar-refractivity contribution in [2.24, 2.45) is 5.92 Å². The minimum Gasteiger partial charge on any atom is -0.380 e. The van der Waals surface area contributed by atoms with Crippen LogP contribution < -0.4 is 0 Å². The Morgan fingerprint density at radius 3 is 2.64 bits per heavy atom. The molecule has 5 heteroatoms.